The van der Waals surface area contributed by atoms with Gasteiger partial charge in [-0.05, 0) is 25.7 Å². The summed E-state index contributed by atoms with van der Waals surface area (Å²) in [5, 5.41) is 8.63. The van der Waals surface area contributed by atoms with Crippen LogP contribution in [0.25, 0.3) is 0 Å². The average Bonchev–Trinajstić information content (AvgIpc) is 2.47. The van der Waals surface area contributed by atoms with E-state index in [2.05, 4.69) is 4.90 Å². The van der Waals surface area contributed by atoms with E-state index in [4.69, 9.17) is 9.84 Å². The first-order chi connectivity index (χ1) is 7.42. The van der Waals surface area contributed by atoms with E-state index in [9.17, 15) is 0 Å². The maximum absolute atomic E-state index is 8.63. The zero-order chi connectivity index (χ0) is 10.5. The second-order valence-electron chi connectivity index (χ2n) is 4.74. The molecule has 2 fully saturated rings. The van der Waals surface area contributed by atoms with Crippen LogP contribution in [0.3, 0.4) is 0 Å². The molecule has 2 heterocycles. The van der Waals surface area contributed by atoms with Gasteiger partial charge in [-0.15, -0.1) is 0 Å². The summed E-state index contributed by atoms with van der Waals surface area (Å²) < 4.78 is 5.36. The quantitative estimate of drug-likeness (QED) is 0.701. The zero-order valence-corrected chi connectivity index (χ0v) is 9.53. The summed E-state index contributed by atoms with van der Waals surface area (Å²) in [6, 6.07) is 1.66. The highest BCUT2D eigenvalue weighted by molar-refractivity contribution is 4.89. The molecule has 88 valence electrons. The lowest BCUT2D eigenvalue weighted by molar-refractivity contribution is 0.0618. The molecule has 0 aromatic rings. The van der Waals surface area contributed by atoms with E-state index in [1.54, 1.807) is 0 Å². The first-order valence-corrected chi connectivity index (χ1v) is 6.36. The molecule has 0 amide bonds. The Hall–Kier alpha value is -0.120. The number of ether oxygens (including phenoxy) is 1. The van der Waals surface area contributed by atoms with Crippen LogP contribution in [0.1, 0.15) is 38.5 Å². The van der Waals surface area contributed by atoms with Crippen LogP contribution in [0, 0.1) is 0 Å². The molecule has 2 aliphatic heterocycles. The predicted octanol–water partition coefficient (Wildman–Crippen LogP) is 1.40. The fourth-order valence-electron chi connectivity index (χ4n) is 3.10. The molecule has 0 saturated carbocycles. The van der Waals surface area contributed by atoms with E-state index in [-0.39, 0.29) is 6.61 Å². The van der Waals surface area contributed by atoms with Crippen molar-refractivity contribution in [2.45, 2.75) is 50.6 Å². The first kappa shape index (κ1) is 11.4. The largest absolute Gasteiger partial charge is 0.394 e. The topological polar surface area (TPSA) is 32.7 Å². The molecule has 2 bridgehead atoms. The highest BCUT2D eigenvalue weighted by atomic mass is 16.5. The summed E-state index contributed by atoms with van der Waals surface area (Å²) in [5.74, 6) is 0. The smallest absolute Gasteiger partial charge is 0.0698 e. The van der Waals surface area contributed by atoms with E-state index < -0.39 is 0 Å². The maximum Gasteiger partial charge on any atom is 0.0698 e. The first-order valence-electron chi connectivity index (χ1n) is 6.36. The van der Waals surface area contributed by atoms with Gasteiger partial charge >= 0.3 is 0 Å². The van der Waals surface area contributed by atoms with Crippen LogP contribution in [-0.4, -0.2) is 48.5 Å². The lowest BCUT2D eigenvalue weighted by Crippen LogP contribution is -2.37. The minimum atomic E-state index is 0.146. The Bertz CT molecular complexity index is 172. The van der Waals surface area contributed by atoms with Crippen molar-refractivity contribution >= 4 is 0 Å². The van der Waals surface area contributed by atoms with Gasteiger partial charge in [0.25, 0.3) is 0 Å². The van der Waals surface area contributed by atoms with Crippen molar-refractivity contribution in [2.24, 2.45) is 0 Å². The molecule has 2 unspecified atom stereocenters. The number of aliphatic hydroxyl groups is 1. The Morgan fingerprint density at radius 3 is 2.27 bits per heavy atom. The van der Waals surface area contributed by atoms with Crippen LogP contribution < -0.4 is 0 Å². The van der Waals surface area contributed by atoms with Crippen LogP contribution in [0.2, 0.25) is 0 Å². The normalized spacial score (nSPS) is 31.8. The van der Waals surface area contributed by atoms with E-state index in [1.165, 1.54) is 38.5 Å². The van der Waals surface area contributed by atoms with Crippen molar-refractivity contribution in [3.63, 3.8) is 0 Å². The van der Waals surface area contributed by atoms with Crippen LogP contribution in [0.15, 0.2) is 0 Å². The summed E-state index contributed by atoms with van der Waals surface area (Å²) in [6.07, 6.45) is 8.38. The molecule has 0 spiro atoms. The predicted molar refractivity (Wildman–Crippen MR) is 59.9 cm³/mol. The third-order valence-electron chi connectivity index (χ3n) is 3.83. The summed E-state index contributed by atoms with van der Waals surface area (Å²) in [6.45, 7) is 2.49. The Balaban J connectivity index is 1.75. The standard InChI is InChI=1S/C12H23NO2/c14-8-10-15-9-7-13-11-3-1-2-4-12(13)6-5-11/h11-12,14H,1-10H2. The molecular weight excluding hydrogens is 190 g/mol. The highest BCUT2D eigenvalue weighted by Gasteiger charge is 2.34. The molecule has 2 aliphatic rings. The Kier molecular flexibility index (Phi) is 4.42. The molecule has 15 heavy (non-hydrogen) atoms. The number of nitrogens with zero attached hydrogens (tertiary/aromatic N) is 1. The van der Waals surface area contributed by atoms with Crippen molar-refractivity contribution in [1.29, 1.82) is 0 Å². The Morgan fingerprint density at radius 1 is 1.00 bits per heavy atom. The van der Waals surface area contributed by atoms with E-state index in [0.29, 0.717) is 6.61 Å². The van der Waals surface area contributed by atoms with Gasteiger partial charge in [-0.3, -0.25) is 4.90 Å². The monoisotopic (exact) mass is 213 g/mol. The van der Waals surface area contributed by atoms with Gasteiger partial charge in [0.2, 0.25) is 0 Å². The van der Waals surface area contributed by atoms with Gasteiger partial charge in [0.15, 0.2) is 0 Å². The molecule has 0 aromatic carbocycles. The fraction of sp³-hybridized carbons (Fsp3) is 1.00. The van der Waals surface area contributed by atoms with Gasteiger partial charge in [-0.2, -0.15) is 0 Å². The van der Waals surface area contributed by atoms with Crippen LogP contribution in [0.5, 0.6) is 0 Å². The maximum atomic E-state index is 8.63. The number of rotatable bonds is 5. The van der Waals surface area contributed by atoms with Crippen molar-refractivity contribution in [3.05, 3.63) is 0 Å². The molecule has 0 radical (unpaired) electrons. The third kappa shape index (κ3) is 2.92. The minimum Gasteiger partial charge on any atom is -0.394 e. The third-order valence-corrected chi connectivity index (χ3v) is 3.83. The number of hydrogen-bond acceptors (Lipinski definition) is 3. The zero-order valence-electron chi connectivity index (χ0n) is 9.53. The number of hydrogen-bond donors (Lipinski definition) is 1. The fourth-order valence-corrected chi connectivity index (χ4v) is 3.10. The summed E-state index contributed by atoms with van der Waals surface area (Å²) in [7, 11) is 0. The van der Waals surface area contributed by atoms with Crippen LogP contribution >= 0.6 is 0 Å². The number of aliphatic hydroxyl groups excluding tert-OH is 1. The Morgan fingerprint density at radius 2 is 1.67 bits per heavy atom. The van der Waals surface area contributed by atoms with Crippen molar-refractivity contribution in [3.8, 4) is 0 Å². The molecule has 2 saturated heterocycles. The second-order valence-corrected chi connectivity index (χ2v) is 4.74. The van der Waals surface area contributed by atoms with Crippen molar-refractivity contribution in [2.75, 3.05) is 26.4 Å². The molecule has 3 heteroatoms. The van der Waals surface area contributed by atoms with Gasteiger partial charge in [-0.1, -0.05) is 12.8 Å². The molecule has 3 nitrogen and oxygen atoms in total. The van der Waals surface area contributed by atoms with E-state index in [0.717, 1.165) is 25.2 Å². The van der Waals surface area contributed by atoms with Crippen molar-refractivity contribution < 1.29 is 9.84 Å². The van der Waals surface area contributed by atoms with Crippen LogP contribution in [0.4, 0.5) is 0 Å². The van der Waals surface area contributed by atoms with Gasteiger partial charge < -0.3 is 9.84 Å². The Labute approximate surface area is 92.4 Å². The molecular formula is C12H23NO2. The summed E-state index contributed by atoms with van der Waals surface area (Å²) >= 11 is 0. The SMILES string of the molecule is OCCOCCN1C2CCCCC1CC2. The molecule has 2 atom stereocenters. The average molecular weight is 213 g/mol. The van der Waals surface area contributed by atoms with Gasteiger partial charge in [0.05, 0.1) is 19.8 Å². The molecule has 0 aromatic heterocycles. The minimum absolute atomic E-state index is 0.146. The molecule has 2 rings (SSSR count). The summed E-state index contributed by atoms with van der Waals surface area (Å²) in [5.41, 5.74) is 0. The summed E-state index contributed by atoms with van der Waals surface area (Å²) in [4.78, 5) is 2.66. The molecule has 0 aliphatic carbocycles. The lowest BCUT2D eigenvalue weighted by Gasteiger charge is -2.27. The molecule has 1 N–H and O–H groups in total. The number of fused-ring (bicyclic) bond motifs is 2. The van der Waals surface area contributed by atoms with Gasteiger partial charge in [0, 0.05) is 18.6 Å². The van der Waals surface area contributed by atoms with E-state index >= 15 is 0 Å². The van der Waals surface area contributed by atoms with Gasteiger partial charge in [-0.25, -0.2) is 0 Å². The van der Waals surface area contributed by atoms with Crippen LogP contribution in [-0.2, 0) is 4.74 Å². The van der Waals surface area contributed by atoms with E-state index in [1.807, 2.05) is 0 Å². The van der Waals surface area contributed by atoms with Gasteiger partial charge in [0.1, 0.15) is 0 Å². The lowest BCUT2D eigenvalue weighted by atomic mass is 10.0. The second kappa shape index (κ2) is 5.83. The highest BCUT2D eigenvalue weighted by Crippen LogP contribution is 2.33. The van der Waals surface area contributed by atoms with Crippen molar-refractivity contribution in [1.82, 2.24) is 4.90 Å².